The Morgan fingerprint density at radius 2 is 2.39 bits per heavy atom. The fourth-order valence-electron chi connectivity index (χ4n) is 2.53. The van der Waals surface area contributed by atoms with Crippen molar-refractivity contribution < 1.29 is 11.6 Å². The number of benzene rings is 1. The van der Waals surface area contributed by atoms with Gasteiger partial charge in [-0.3, -0.25) is 4.79 Å². The predicted octanol–water partition coefficient (Wildman–Crippen LogP) is 3.24. The highest BCUT2D eigenvalue weighted by molar-refractivity contribution is 6.31. The van der Waals surface area contributed by atoms with Crippen LogP contribution in [0.3, 0.4) is 0 Å². The quantitative estimate of drug-likeness (QED) is 0.833. The van der Waals surface area contributed by atoms with E-state index in [1.807, 2.05) is 6.92 Å². The molecule has 1 atom stereocenters. The van der Waals surface area contributed by atoms with Crippen LogP contribution < -0.4 is 5.73 Å². The van der Waals surface area contributed by atoms with Crippen LogP contribution in [-0.2, 0) is 11.2 Å². The van der Waals surface area contributed by atoms with Gasteiger partial charge in [0.2, 0.25) is 5.91 Å². The van der Waals surface area contributed by atoms with E-state index in [-0.39, 0.29) is 17.6 Å². The molecular weight excluding hydrogens is 246 g/mol. The SMILES string of the molecule is [2H]C1(C(N)=O)CC([2H])([2H])C([2H])([2H])C2=C1Cc1cc(C)c(Cl)cc12. The van der Waals surface area contributed by atoms with E-state index < -0.39 is 31.0 Å². The Morgan fingerprint density at radius 1 is 1.61 bits per heavy atom. The highest BCUT2D eigenvalue weighted by Gasteiger charge is 2.33. The van der Waals surface area contributed by atoms with Crippen LogP contribution in [0.25, 0.3) is 5.57 Å². The van der Waals surface area contributed by atoms with Crippen molar-refractivity contribution in [2.24, 2.45) is 11.6 Å². The Labute approximate surface area is 119 Å². The molecule has 0 radical (unpaired) electrons. The first kappa shape index (κ1) is 7.34. The molecular formula is C15H16ClNO. The van der Waals surface area contributed by atoms with E-state index in [1.165, 1.54) is 0 Å². The van der Waals surface area contributed by atoms with Gasteiger partial charge in [-0.2, -0.15) is 0 Å². The predicted molar refractivity (Wildman–Crippen MR) is 73.3 cm³/mol. The summed E-state index contributed by atoms with van der Waals surface area (Å²) in [5, 5.41) is 0.439. The summed E-state index contributed by atoms with van der Waals surface area (Å²) < 4.78 is 41.1. The van der Waals surface area contributed by atoms with Crippen molar-refractivity contribution in [2.45, 2.75) is 32.5 Å². The topological polar surface area (TPSA) is 43.1 Å². The minimum atomic E-state index is -2.39. The fraction of sp³-hybridized carbons (Fsp3) is 0.400. The highest BCUT2D eigenvalue weighted by atomic mass is 35.5. The number of carbonyl (C=O) groups excluding carboxylic acids is 1. The first-order valence-corrected chi connectivity index (χ1v) is 6.13. The highest BCUT2D eigenvalue weighted by Crippen LogP contribution is 2.45. The number of amides is 1. The molecule has 0 saturated heterocycles. The monoisotopic (exact) mass is 266 g/mol. The van der Waals surface area contributed by atoms with Gasteiger partial charge >= 0.3 is 0 Å². The number of fused-ring (bicyclic) bond motifs is 2. The minimum Gasteiger partial charge on any atom is -0.369 e. The maximum Gasteiger partial charge on any atom is 0.224 e. The molecule has 2 aliphatic rings. The zero-order valence-electron chi connectivity index (χ0n) is 14.9. The third kappa shape index (κ3) is 1.67. The molecule has 18 heavy (non-hydrogen) atoms. The van der Waals surface area contributed by atoms with Gasteiger partial charge in [0.1, 0.15) is 0 Å². The van der Waals surface area contributed by atoms with Gasteiger partial charge in [0.25, 0.3) is 0 Å². The smallest absolute Gasteiger partial charge is 0.224 e. The van der Waals surface area contributed by atoms with Crippen LogP contribution >= 0.6 is 11.6 Å². The van der Waals surface area contributed by atoms with Crippen LogP contribution in [0.2, 0.25) is 5.02 Å². The second-order valence-electron chi connectivity index (χ2n) is 4.61. The summed E-state index contributed by atoms with van der Waals surface area (Å²) in [7, 11) is 0. The lowest BCUT2D eigenvalue weighted by Crippen LogP contribution is -2.27. The molecule has 1 amide bonds. The molecule has 0 fully saturated rings. The van der Waals surface area contributed by atoms with Crippen LogP contribution in [0.4, 0.5) is 0 Å². The number of nitrogens with two attached hydrogens (primary N) is 1. The van der Waals surface area contributed by atoms with E-state index in [2.05, 4.69) is 0 Å². The molecule has 3 heteroatoms. The number of allylic oxidation sites excluding steroid dienone is 1. The van der Waals surface area contributed by atoms with Gasteiger partial charge < -0.3 is 5.73 Å². The summed E-state index contributed by atoms with van der Waals surface area (Å²) in [5.41, 5.74) is 7.72. The van der Waals surface area contributed by atoms with Crippen LogP contribution in [-0.4, -0.2) is 5.91 Å². The van der Waals surface area contributed by atoms with Crippen LogP contribution in [0.15, 0.2) is 17.7 Å². The van der Waals surface area contributed by atoms with Gasteiger partial charge in [-0.1, -0.05) is 17.7 Å². The molecule has 0 saturated carbocycles. The lowest BCUT2D eigenvalue weighted by molar-refractivity contribution is -0.121. The maximum atomic E-state index is 11.9. The van der Waals surface area contributed by atoms with Crippen LogP contribution in [0.5, 0.6) is 0 Å². The molecule has 3 rings (SSSR count). The van der Waals surface area contributed by atoms with Crippen molar-refractivity contribution in [1.82, 2.24) is 0 Å². The normalized spacial score (nSPS) is 35.6. The maximum absolute atomic E-state index is 11.9. The number of halogens is 1. The number of rotatable bonds is 1. The molecule has 0 aliphatic heterocycles. The Bertz CT molecular complexity index is 773. The molecule has 94 valence electrons. The Balaban J connectivity index is 2.34. The molecule has 0 aromatic heterocycles. The minimum absolute atomic E-state index is 0.0550. The summed E-state index contributed by atoms with van der Waals surface area (Å²) in [6, 6.07) is 3.39. The fourth-order valence-corrected chi connectivity index (χ4v) is 2.69. The first-order valence-electron chi connectivity index (χ1n) is 8.25. The lowest BCUT2D eigenvalue weighted by Gasteiger charge is -2.22. The third-order valence-corrected chi connectivity index (χ3v) is 3.87. The van der Waals surface area contributed by atoms with Crippen molar-refractivity contribution in [3.8, 4) is 0 Å². The summed E-state index contributed by atoms with van der Waals surface area (Å²) >= 11 is 6.14. The number of primary amides is 1. The summed E-state index contributed by atoms with van der Waals surface area (Å²) in [4.78, 5) is 11.9. The van der Waals surface area contributed by atoms with E-state index >= 15 is 0 Å². The average molecular weight is 267 g/mol. The summed E-state index contributed by atoms with van der Waals surface area (Å²) in [6.45, 7) is 1.82. The van der Waals surface area contributed by atoms with Crippen molar-refractivity contribution in [3.05, 3.63) is 39.4 Å². The molecule has 2 nitrogen and oxygen atoms in total. The van der Waals surface area contributed by atoms with E-state index in [9.17, 15) is 4.79 Å². The van der Waals surface area contributed by atoms with Crippen LogP contribution in [0.1, 0.15) is 42.7 Å². The number of carbonyl (C=O) groups is 1. The van der Waals surface area contributed by atoms with Crippen molar-refractivity contribution in [1.29, 1.82) is 0 Å². The molecule has 1 unspecified atom stereocenters. The van der Waals surface area contributed by atoms with Gasteiger partial charge in [-0.05, 0) is 66.4 Å². The third-order valence-electron chi connectivity index (χ3n) is 3.46. The van der Waals surface area contributed by atoms with Gasteiger partial charge in [0, 0.05) is 11.9 Å². The van der Waals surface area contributed by atoms with Crippen LogP contribution in [0, 0.1) is 12.8 Å². The Kier molecular flexibility index (Phi) is 1.68. The van der Waals surface area contributed by atoms with E-state index in [4.69, 9.17) is 24.2 Å². The molecule has 0 bridgehead atoms. The van der Waals surface area contributed by atoms with Crippen molar-refractivity contribution in [3.63, 3.8) is 0 Å². The zero-order chi connectivity index (χ0) is 17.4. The Morgan fingerprint density at radius 3 is 3.11 bits per heavy atom. The van der Waals surface area contributed by atoms with E-state index in [1.54, 1.807) is 12.1 Å². The van der Waals surface area contributed by atoms with Crippen molar-refractivity contribution in [2.75, 3.05) is 0 Å². The number of aryl methyl sites for hydroxylation is 1. The summed E-state index contributed by atoms with van der Waals surface area (Å²) in [6.07, 6.45) is -5.10. The Hall–Kier alpha value is -1.28. The van der Waals surface area contributed by atoms with Crippen molar-refractivity contribution >= 4 is 23.1 Å². The average Bonchev–Trinajstić information content (AvgIpc) is 2.76. The second-order valence-corrected chi connectivity index (χ2v) is 5.02. The standard InChI is InChI=1S/C15H16ClNO/c1-8-5-9-6-13-10(12(9)7-14(8)16)3-2-4-11(13)15(17)18/h5,7,11H,2-4,6H2,1H3,(H2,17,18)/i2D2,3D2,11D. The molecule has 1 aromatic rings. The van der Waals surface area contributed by atoms with Gasteiger partial charge in [-0.25, -0.2) is 0 Å². The van der Waals surface area contributed by atoms with E-state index in [0.717, 1.165) is 11.1 Å². The molecule has 0 heterocycles. The van der Waals surface area contributed by atoms with Gasteiger partial charge in [0.15, 0.2) is 0 Å². The molecule has 0 spiro atoms. The first-order chi connectivity index (χ1) is 10.4. The molecule has 1 aromatic carbocycles. The number of hydrogen-bond donors (Lipinski definition) is 1. The van der Waals surface area contributed by atoms with E-state index in [0.29, 0.717) is 10.6 Å². The van der Waals surface area contributed by atoms with Gasteiger partial charge in [-0.15, -0.1) is 0 Å². The lowest BCUT2D eigenvalue weighted by atomic mass is 9.82. The summed E-state index contributed by atoms with van der Waals surface area (Å²) in [5.74, 6) is -2.91. The molecule has 2 N–H and O–H groups in total. The van der Waals surface area contributed by atoms with Gasteiger partial charge in [0.05, 0.1) is 5.89 Å². The molecule has 2 aliphatic carbocycles. The second kappa shape index (κ2) is 4.13. The number of hydrogen-bond acceptors (Lipinski definition) is 1. The zero-order valence-corrected chi connectivity index (χ0v) is 10.7. The largest absolute Gasteiger partial charge is 0.369 e.